The molecule has 0 aliphatic heterocycles. The number of hydrogen-bond donors (Lipinski definition) is 1. The molecule has 0 aliphatic carbocycles. The van der Waals surface area contributed by atoms with Gasteiger partial charge in [-0.05, 0) is 0 Å². The van der Waals surface area contributed by atoms with E-state index in [1.807, 2.05) is 5.32 Å². The molecular formula is C7H8N2O4. The van der Waals surface area contributed by atoms with Crippen LogP contribution in [0, 0.1) is 0 Å². The molecule has 0 aromatic carbocycles. The van der Waals surface area contributed by atoms with Crippen molar-refractivity contribution in [3.63, 3.8) is 0 Å². The van der Waals surface area contributed by atoms with Crippen molar-refractivity contribution in [2.24, 2.45) is 4.99 Å². The summed E-state index contributed by atoms with van der Waals surface area (Å²) in [6.45, 7) is 0. The summed E-state index contributed by atoms with van der Waals surface area (Å²) in [7, 11) is 0. The van der Waals surface area contributed by atoms with E-state index in [0.29, 0.717) is 6.29 Å². The van der Waals surface area contributed by atoms with Crippen molar-refractivity contribution in [1.29, 1.82) is 0 Å². The lowest BCUT2D eigenvalue weighted by atomic mass is 10.2. The fraction of sp³-hybridized carbons (Fsp3) is 0.286. The first-order valence-electron chi connectivity index (χ1n) is 3.44. The molecule has 1 N–H and O–H groups in total. The summed E-state index contributed by atoms with van der Waals surface area (Å²) >= 11 is 0. The standard InChI is InChI=1S/C7H8N2O4/c10-3-1-2-6(13)7(8-4-11)9-5-12/h3-5H,1-2H2,(H,8,9,11,12). The maximum absolute atomic E-state index is 11.0. The summed E-state index contributed by atoms with van der Waals surface area (Å²) in [4.78, 5) is 43.8. The Morgan fingerprint density at radius 1 is 1.31 bits per heavy atom. The second kappa shape index (κ2) is 6.84. The van der Waals surface area contributed by atoms with Gasteiger partial charge in [0.05, 0.1) is 0 Å². The molecule has 70 valence electrons. The number of amides is 2. The molecule has 6 nitrogen and oxygen atoms in total. The molecule has 0 fully saturated rings. The number of carbonyl (C=O) groups is 4. The number of Topliss-reactive ketones (excluding diaryl/α,β-unsaturated/α-hetero) is 1. The van der Waals surface area contributed by atoms with Crippen LogP contribution in [0.5, 0.6) is 0 Å². The molecule has 0 rings (SSSR count). The van der Waals surface area contributed by atoms with Gasteiger partial charge in [-0.1, -0.05) is 0 Å². The number of nitrogens with zero attached hydrogens (tertiary/aromatic N) is 1. The highest BCUT2D eigenvalue weighted by Crippen LogP contribution is 1.88. The van der Waals surface area contributed by atoms with E-state index in [4.69, 9.17) is 0 Å². The molecule has 0 unspecified atom stereocenters. The van der Waals surface area contributed by atoms with Crippen molar-refractivity contribution in [1.82, 2.24) is 5.32 Å². The van der Waals surface area contributed by atoms with Crippen LogP contribution in [0.3, 0.4) is 0 Å². The zero-order valence-corrected chi connectivity index (χ0v) is 6.73. The molecule has 0 aromatic heterocycles. The summed E-state index contributed by atoms with van der Waals surface area (Å²) in [5, 5.41) is 1.96. The Morgan fingerprint density at radius 2 is 2.00 bits per heavy atom. The van der Waals surface area contributed by atoms with Gasteiger partial charge in [0.1, 0.15) is 6.29 Å². The number of aldehydes is 1. The number of nitrogens with one attached hydrogen (secondary N) is 1. The van der Waals surface area contributed by atoms with Crippen LogP contribution in [0.25, 0.3) is 0 Å². The number of ketones is 1. The van der Waals surface area contributed by atoms with Crippen LogP contribution in [-0.4, -0.2) is 30.7 Å². The first kappa shape index (κ1) is 11.2. The van der Waals surface area contributed by atoms with Gasteiger partial charge in [0, 0.05) is 12.8 Å². The first-order chi connectivity index (χ1) is 6.26. The third-order valence-electron chi connectivity index (χ3n) is 1.13. The average Bonchev–Trinajstić information content (AvgIpc) is 2.14. The molecule has 0 radical (unpaired) electrons. The normalized spacial score (nSPS) is 10.3. The van der Waals surface area contributed by atoms with Crippen molar-refractivity contribution in [2.45, 2.75) is 12.8 Å². The predicted molar refractivity (Wildman–Crippen MR) is 43.0 cm³/mol. The SMILES string of the molecule is O=CCCC(=O)C(=NC=O)NC=O. The van der Waals surface area contributed by atoms with Gasteiger partial charge in [-0.3, -0.25) is 14.4 Å². The minimum Gasteiger partial charge on any atom is -0.310 e. The molecule has 0 saturated carbocycles. The third kappa shape index (κ3) is 4.57. The lowest BCUT2D eigenvalue weighted by Crippen LogP contribution is -2.30. The molecule has 0 saturated heterocycles. The van der Waals surface area contributed by atoms with Gasteiger partial charge in [0.15, 0.2) is 11.6 Å². The van der Waals surface area contributed by atoms with E-state index in [1.54, 1.807) is 0 Å². The lowest BCUT2D eigenvalue weighted by Gasteiger charge is -1.98. The number of rotatable bonds is 6. The molecule has 0 spiro atoms. The highest BCUT2D eigenvalue weighted by molar-refractivity contribution is 6.41. The molecule has 0 heterocycles. The largest absolute Gasteiger partial charge is 0.310 e. The van der Waals surface area contributed by atoms with E-state index in [0.717, 1.165) is 0 Å². The minimum absolute atomic E-state index is 0.0389. The van der Waals surface area contributed by atoms with Crippen molar-refractivity contribution in [2.75, 3.05) is 0 Å². The topological polar surface area (TPSA) is 92.7 Å². The Kier molecular flexibility index (Phi) is 5.86. The van der Waals surface area contributed by atoms with Gasteiger partial charge < -0.3 is 10.1 Å². The highest BCUT2D eigenvalue weighted by Gasteiger charge is 2.09. The third-order valence-corrected chi connectivity index (χ3v) is 1.13. The van der Waals surface area contributed by atoms with Crippen LogP contribution in [0.2, 0.25) is 0 Å². The van der Waals surface area contributed by atoms with E-state index >= 15 is 0 Å². The number of aliphatic imine (C=N–C) groups is 1. The number of hydrogen-bond acceptors (Lipinski definition) is 4. The molecular weight excluding hydrogens is 176 g/mol. The smallest absolute Gasteiger partial charge is 0.234 e. The summed E-state index contributed by atoms with van der Waals surface area (Å²) in [6.07, 6.45) is 0.914. The van der Waals surface area contributed by atoms with E-state index in [2.05, 4.69) is 4.99 Å². The van der Waals surface area contributed by atoms with E-state index < -0.39 is 5.78 Å². The fourth-order valence-electron chi connectivity index (χ4n) is 0.607. The predicted octanol–water partition coefficient (Wildman–Crippen LogP) is -1.16. The van der Waals surface area contributed by atoms with E-state index in [9.17, 15) is 19.2 Å². The van der Waals surface area contributed by atoms with Gasteiger partial charge in [-0.25, -0.2) is 0 Å². The second-order valence-corrected chi connectivity index (χ2v) is 1.97. The average molecular weight is 184 g/mol. The maximum Gasteiger partial charge on any atom is 0.234 e. The Bertz CT molecular complexity index is 247. The van der Waals surface area contributed by atoms with Crippen LogP contribution in [-0.2, 0) is 19.2 Å². The van der Waals surface area contributed by atoms with Gasteiger partial charge in [0.2, 0.25) is 12.8 Å². The summed E-state index contributed by atoms with van der Waals surface area (Å²) in [5.41, 5.74) is 0. The van der Waals surface area contributed by atoms with Gasteiger partial charge in [-0.2, -0.15) is 4.99 Å². The fourth-order valence-corrected chi connectivity index (χ4v) is 0.607. The van der Waals surface area contributed by atoms with E-state index in [1.165, 1.54) is 0 Å². The summed E-state index contributed by atoms with van der Waals surface area (Å²) in [5.74, 6) is -0.891. The van der Waals surface area contributed by atoms with Gasteiger partial charge in [-0.15, -0.1) is 0 Å². The zero-order chi connectivity index (χ0) is 10.1. The zero-order valence-electron chi connectivity index (χ0n) is 6.73. The van der Waals surface area contributed by atoms with Gasteiger partial charge >= 0.3 is 0 Å². The van der Waals surface area contributed by atoms with E-state index in [-0.39, 0.29) is 31.5 Å². The molecule has 13 heavy (non-hydrogen) atoms. The van der Waals surface area contributed by atoms with Crippen molar-refractivity contribution in [3.05, 3.63) is 0 Å². The molecule has 0 aliphatic rings. The molecule has 0 bridgehead atoms. The first-order valence-corrected chi connectivity index (χ1v) is 3.44. The molecule has 2 amide bonds. The summed E-state index contributed by atoms with van der Waals surface area (Å²) in [6, 6.07) is 0. The Morgan fingerprint density at radius 3 is 2.46 bits per heavy atom. The van der Waals surface area contributed by atoms with Crippen molar-refractivity contribution in [3.8, 4) is 0 Å². The quantitative estimate of drug-likeness (QED) is 0.320. The Labute approximate surface area is 74.0 Å². The molecule has 0 aromatic rings. The van der Waals surface area contributed by atoms with Crippen LogP contribution in [0.15, 0.2) is 4.99 Å². The Balaban J connectivity index is 4.27. The summed E-state index contributed by atoms with van der Waals surface area (Å²) < 4.78 is 0. The van der Waals surface area contributed by atoms with Crippen LogP contribution < -0.4 is 5.32 Å². The monoisotopic (exact) mass is 184 g/mol. The van der Waals surface area contributed by atoms with Crippen LogP contribution in [0.1, 0.15) is 12.8 Å². The maximum atomic E-state index is 11.0. The second-order valence-electron chi connectivity index (χ2n) is 1.97. The molecule has 0 atom stereocenters. The Hall–Kier alpha value is -1.85. The number of amidine groups is 1. The molecule has 6 heteroatoms. The van der Waals surface area contributed by atoms with Crippen LogP contribution >= 0.6 is 0 Å². The van der Waals surface area contributed by atoms with Gasteiger partial charge in [0.25, 0.3) is 0 Å². The van der Waals surface area contributed by atoms with Crippen LogP contribution in [0.4, 0.5) is 0 Å². The minimum atomic E-state index is -0.550. The highest BCUT2D eigenvalue weighted by atomic mass is 16.2. The number of carbonyl (C=O) groups excluding carboxylic acids is 4. The lowest BCUT2D eigenvalue weighted by molar-refractivity contribution is -0.116. The van der Waals surface area contributed by atoms with Crippen molar-refractivity contribution < 1.29 is 19.2 Å². The van der Waals surface area contributed by atoms with Crippen molar-refractivity contribution >= 4 is 30.7 Å².